The van der Waals surface area contributed by atoms with Crippen molar-refractivity contribution in [3.8, 4) is 11.5 Å². The Morgan fingerprint density at radius 1 is 0.893 bits per heavy atom. The summed E-state index contributed by atoms with van der Waals surface area (Å²) in [5, 5.41) is 4.93. The van der Waals surface area contributed by atoms with Gasteiger partial charge in [-0.05, 0) is 35.7 Å². The van der Waals surface area contributed by atoms with E-state index in [-0.39, 0.29) is 18.3 Å². The van der Waals surface area contributed by atoms with Gasteiger partial charge in [-0.25, -0.2) is 0 Å². The lowest BCUT2D eigenvalue weighted by molar-refractivity contribution is 0.0992. The van der Waals surface area contributed by atoms with Crippen LogP contribution in [0.4, 0.5) is 5.69 Å². The van der Waals surface area contributed by atoms with Crippen LogP contribution in [0.3, 0.4) is 0 Å². The van der Waals surface area contributed by atoms with Gasteiger partial charge in [0.25, 0.3) is 5.91 Å². The summed E-state index contributed by atoms with van der Waals surface area (Å²) in [6, 6.07) is 24.5. The molecule has 28 heavy (non-hydrogen) atoms. The van der Waals surface area contributed by atoms with Gasteiger partial charge >= 0.3 is 0 Å². The van der Waals surface area contributed by atoms with Crippen molar-refractivity contribution in [1.29, 1.82) is 0 Å². The van der Waals surface area contributed by atoms with E-state index in [0.717, 1.165) is 16.5 Å². The second kappa shape index (κ2) is 7.88. The summed E-state index contributed by atoms with van der Waals surface area (Å²) in [5.74, 6) is 1.79. The largest absolute Gasteiger partial charge is 0.495 e. The number of anilines is 1. The lowest BCUT2D eigenvalue weighted by Gasteiger charge is -2.09. The van der Waals surface area contributed by atoms with Gasteiger partial charge in [0.15, 0.2) is 5.76 Å². The molecule has 0 aliphatic rings. The van der Waals surface area contributed by atoms with Crippen LogP contribution in [0.5, 0.6) is 11.5 Å². The van der Waals surface area contributed by atoms with Crippen LogP contribution in [0.1, 0.15) is 16.3 Å². The maximum Gasteiger partial charge on any atom is 0.291 e. The zero-order valence-electron chi connectivity index (χ0n) is 15.3. The Hall–Kier alpha value is -3.73. The Morgan fingerprint density at radius 3 is 2.54 bits per heavy atom. The predicted octanol–water partition coefficient (Wildman–Crippen LogP) is 5.27. The first-order valence-electron chi connectivity index (χ1n) is 8.88. The number of amides is 1. The zero-order valence-corrected chi connectivity index (χ0v) is 15.3. The molecule has 0 saturated carbocycles. The number of carbonyl (C=O) groups is 1. The summed E-state index contributed by atoms with van der Waals surface area (Å²) < 4.78 is 16.8. The summed E-state index contributed by atoms with van der Waals surface area (Å²) in [5.41, 5.74) is 0.583. The van der Waals surface area contributed by atoms with E-state index < -0.39 is 0 Å². The van der Waals surface area contributed by atoms with Crippen LogP contribution in [-0.4, -0.2) is 13.0 Å². The molecule has 0 saturated heterocycles. The molecule has 0 atom stereocenters. The zero-order chi connectivity index (χ0) is 19.3. The normalized spacial score (nSPS) is 10.6. The fraction of sp³-hybridized carbons (Fsp3) is 0.0870. The van der Waals surface area contributed by atoms with Gasteiger partial charge in [0.05, 0.1) is 12.8 Å². The van der Waals surface area contributed by atoms with Crippen molar-refractivity contribution in [2.24, 2.45) is 0 Å². The minimum Gasteiger partial charge on any atom is -0.495 e. The molecular formula is C23H19NO4. The summed E-state index contributed by atoms with van der Waals surface area (Å²) >= 11 is 0. The third-order valence-electron chi connectivity index (χ3n) is 4.36. The third kappa shape index (κ3) is 3.69. The van der Waals surface area contributed by atoms with Crippen molar-refractivity contribution in [1.82, 2.24) is 0 Å². The van der Waals surface area contributed by atoms with E-state index in [1.807, 2.05) is 54.6 Å². The first kappa shape index (κ1) is 17.7. The van der Waals surface area contributed by atoms with Crippen molar-refractivity contribution in [3.63, 3.8) is 0 Å². The molecule has 0 spiro atoms. The van der Waals surface area contributed by atoms with Gasteiger partial charge in [0.2, 0.25) is 0 Å². The fourth-order valence-electron chi connectivity index (χ4n) is 2.98. The molecule has 1 heterocycles. The van der Waals surface area contributed by atoms with Crippen molar-refractivity contribution in [2.75, 3.05) is 12.4 Å². The minimum absolute atomic E-state index is 0.211. The van der Waals surface area contributed by atoms with Crippen molar-refractivity contribution in [3.05, 3.63) is 90.4 Å². The molecule has 0 radical (unpaired) electrons. The molecule has 1 amide bonds. The number of benzene rings is 3. The average molecular weight is 373 g/mol. The van der Waals surface area contributed by atoms with Gasteiger partial charge in [-0.15, -0.1) is 0 Å². The highest BCUT2D eigenvalue weighted by Crippen LogP contribution is 2.27. The van der Waals surface area contributed by atoms with E-state index in [2.05, 4.69) is 5.32 Å². The number of ether oxygens (including phenoxy) is 2. The van der Waals surface area contributed by atoms with E-state index in [1.54, 1.807) is 31.4 Å². The van der Waals surface area contributed by atoms with E-state index in [4.69, 9.17) is 13.9 Å². The second-order valence-electron chi connectivity index (χ2n) is 6.19. The van der Waals surface area contributed by atoms with E-state index in [1.165, 1.54) is 0 Å². The Morgan fingerprint density at radius 2 is 1.64 bits per heavy atom. The number of carbonyl (C=O) groups excluding carboxylic acids is 1. The molecule has 5 nitrogen and oxygen atoms in total. The van der Waals surface area contributed by atoms with Crippen molar-refractivity contribution in [2.45, 2.75) is 6.61 Å². The summed E-state index contributed by atoms with van der Waals surface area (Å²) in [4.78, 5) is 12.4. The molecule has 140 valence electrons. The SMILES string of the molecule is COc1ccccc1NC(=O)c1ccc(COc2cccc3ccccc23)o1. The number of hydrogen-bond donors (Lipinski definition) is 1. The first-order chi connectivity index (χ1) is 13.7. The molecule has 1 aromatic heterocycles. The van der Waals surface area contributed by atoms with Crippen LogP contribution in [-0.2, 0) is 6.61 Å². The number of hydrogen-bond acceptors (Lipinski definition) is 4. The number of nitrogens with one attached hydrogen (secondary N) is 1. The highest BCUT2D eigenvalue weighted by molar-refractivity contribution is 6.03. The minimum atomic E-state index is -0.346. The van der Waals surface area contributed by atoms with Crippen LogP contribution in [0, 0.1) is 0 Å². The monoisotopic (exact) mass is 373 g/mol. The molecular weight excluding hydrogens is 354 g/mol. The number of para-hydroxylation sites is 2. The van der Waals surface area contributed by atoms with Crippen molar-refractivity contribution >= 4 is 22.4 Å². The van der Waals surface area contributed by atoms with E-state index >= 15 is 0 Å². The molecule has 5 heteroatoms. The molecule has 0 bridgehead atoms. The molecule has 4 aromatic rings. The number of rotatable bonds is 6. The van der Waals surface area contributed by atoms with Gasteiger partial charge in [0.1, 0.15) is 23.9 Å². The summed E-state index contributed by atoms with van der Waals surface area (Å²) in [7, 11) is 1.56. The second-order valence-corrected chi connectivity index (χ2v) is 6.19. The molecule has 4 rings (SSSR count). The number of furan rings is 1. The molecule has 0 aliphatic heterocycles. The quantitative estimate of drug-likeness (QED) is 0.500. The Kier molecular flexibility index (Phi) is 4.97. The maximum absolute atomic E-state index is 12.4. The van der Waals surface area contributed by atoms with Crippen LogP contribution in [0.25, 0.3) is 10.8 Å². The van der Waals surface area contributed by atoms with Gasteiger partial charge in [-0.2, -0.15) is 0 Å². The van der Waals surface area contributed by atoms with Crippen LogP contribution >= 0.6 is 0 Å². The molecule has 0 aliphatic carbocycles. The topological polar surface area (TPSA) is 60.7 Å². The third-order valence-corrected chi connectivity index (χ3v) is 4.36. The van der Waals surface area contributed by atoms with E-state index in [0.29, 0.717) is 17.2 Å². The average Bonchev–Trinajstić information content (AvgIpc) is 3.22. The fourth-order valence-corrected chi connectivity index (χ4v) is 2.98. The lowest BCUT2D eigenvalue weighted by atomic mass is 10.1. The number of methoxy groups -OCH3 is 1. The Labute approximate surface area is 162 Å². The molecule has 0 fully saturated rings. The predicted molar refractivity (Wildman–Crippen MR) is 108 cm³/mol. The molecule has 0 unspecified atom stereocenters. The summed E-state index contributed by atoms with van der Waals surface area (Å²) in [6.07, 6.45) is 0. The first-order valence-corrected chi connectivity index (χ1v) is 8.88. The van der Waals surface area contributed by atoms with Gasteiger partial charge in [-0.1, -0.05) is 48.5 Å². The van der Waals surface area contributed by atoms with Crippen molar-refractivity contribution < 1.29 is 18.7 Å². The van der Waals surface area contributed by atoms with Crippen LogP contribution in [0.15, 0.2) is 83.3 Å². The Bertz CT molecular complexity index is 1110. The number of fused-ring (bicyclic) bond motifs is 1. The molecule has 1 N–H and O–H groups in total. The Balaban J connectivity index is 1.45. The van der Waals surface area contributed by atoms with Gasteiger partial charge in [0, 0.05) is 5.39 Å². The molecule has 3 aromatic carbocycles. The smallest absolute Gasteiger partial charge is 0.291 e. The van der Waals surface area contributed by atoms with Crippen LogP contribution < -0.4 is 14.8 Å². The standard InChI is InChI=1S/C23H19NO4/c1-26-21-11-5-4-10-19(21)24-23(25)22-14-13-17(28-22)15-27-20-12-6-8-16-7-2-3-9-18(16)20/h2-14H,15H2,1H3,(H,24,25). The van der Waals surface area contributed by atoms with Gasteiger partial charge in [-0.3, -0.25) is 4.79 Å². The lowest BCUT2D eigenvalue weighted by Crippen LogP contribution is -2.11. The van der Waals surface area contributed by atoms with Crippen LogP contribution in [0.2, 0.25) is 0 Å². The maximum atomic E-state index is 12.4. The highest BCUT2D eigenvalue weighted by Gasteiger charge is 2.14. The van der Waals surface area contributed by atoms with E-state index in [9.17, 15) is 4.79 Å². The highest BCUT2D eigenvalue weighted by atomic mass is 16.5. The summed E-state index contributed by atoms with van der Waals surface area (Å²) in [6.45, 7) is 0.232. The van der Waals surface area contributed by atoms with Gasteiger partial charge < -0.3 is 19.2 Å².